The van der Waals surface area contributed by atoms with Crippen LogP contribution in [0.15, 0.2) is 53.1 Å². The summed E-state index contributed by atoms with van der Waals surface area (Å²) in [5.74, 6) is 1.89. The normalized spacial score (nSPS) is 14.5. The highest BCUT2D eigenvalue weighted by Crippen LogP contribution is 2.18. The van der Waals surface area contributed by atoms with E-state index in [1.807, 2.05) is 47.4 Å². The number of ether oxygens (including phenoxy) is 1. The molecule has 1 amide bonds. The number of benzene rings is 1. The first-order valence-electron chi connectivity index (χ1n) is 8.04. The van der Waals surface area contributed by atoms with Crippen LogP contribution >= 0.6 is 15.9 Å². The number of nitrogens with zero attached hydrogens (tertiary/aromatic N) is 3. The van der Waals surface area contributed by atoms with E-state index in [1.165, 1.54) is 0 Å². The summed E-state index contributed by atoms with van der Waals surface area (Å²) in [5, 5.41) is 0. The lowest BCUT2D eigenvalue weighted by Gasteiger charge is -2.35. The summed E-state index contributed by atoms with van der Waals surface area (Å²) in [4.78, 5) is 20.8. The second-order valence-electron chi connectivity index (χ2n) is 5.61. The lowest BCUT2D eigenvalue weighted by molar-refractivity contribution is -0.132. The molecule has 0 N–H and O–H groups in total. The molecular weight excluding hydrogens is 370 g/mol. The highest BCUT2D eigenvalue weighted by molar-refractivity contribution is 9.10. The number of hydrogen-bond donors (Lipinski definition) is 0. The van der Waals surface area contributed by atoms with Crippen molar-refractivity contribution in [2.24, 2.45) is 0 Å². The standard InChI is InChI=1S/C18H20BrN3O2/c19-15-4-3-5-16(14-15)24-13-7-18(23)22-11-9-21(10-12-22)17-6-1-2-8-20-17/h1-6,8,14H,7,9-13H2. The van der Waals surface area contributed by atoms with Gasteiger partial charge >= 0.3 is 0 Å². The summed E-state index contributed by atoms with van der Waals surface area (Å²) in [6, 6.07) is 13.5. The van der Waals surface area contributed by atoms with Crippen molar-refractivity contribution in [1.82, 2.24) is 9.88 Å². The fourth-order valence-electron chi connectivity index (χ4n) is 2.70. The Balaban J connectivity index is 1.42. The van der Waals surface area contributed by atoms with Gasteiger partial charge in [0.25, 0.3) is 0 Å². The van der Waals surface area contributed by atoms with Crippen LogP contribution in [-0.2, 0) is 4.79 Å². The molecule has 0 spiro atoms. The van der Waals surface area contributed by atoms with E-state index < -0.39 is 0 Å². The predicted octanol–water partition coefficient (Wildman–Crippen LogP) is 2.96. The first-order chi connectivity index (χ1) is 11.7. The van der Waals surface area contributed by atoms with Crippen LogP contribution in [0.2, 0.25) is 0 Å². The summed E-state index contributed by atoms with van der Waals surface area (Å²) >= 11 is 3.41. The Kier molecular flexibility index (Phi) is 5.69. The van der Waals surface area contributed by atoms with E-state index in [4.69, 9.17) is 4.74 Å². The zero-order chi connectivity index (χ0) is 16.8. The number of piperazine rings is 1. The molecule has 0 radical (unpaired) electrons. The molecule has 1 aliphatic rings. The van der Waals surface area contributed by atoms with Crippen molar-refractivity contribution in [1.29, 1.82) is 0 Å². The Morgan fingerprint density at radius 2 is 1.96 bits per heavy atom. The minimum absolute atomic E-state index is 0.144. The molecule has 2 aromatic rings. The van der Waals surface area contributed by atoms with Gasteiger partial charge in [-0.1, -0.05) is 28.1 Å². The fraction of sp³-hybridized carbons (Fsp3) is 0.333. The van der Waals surface area contributed by atoms with Gasteiger partial charge in [-0.15, -0.1) is 0 Å². The Hall–Kier alpha value is -2.08. The van der Waals surface area contributed by atoms with Gasteiger partial charge in [0.15, 0.2) is 0 Å². The first kappa shape index (κ1) is 16.8. The van der Waals surface area contributed by atoms with Gasteiger partial charge in [-0.3, -0.25) is 4.79 Å². The lowest BCUT2D eigenvalue weighted by Crippen LogP contribution is -2.49. The maximum absolute atomic E-state index is 12.3. The van der Waals surface area contributed by atoms with Crippen LogP contribution in [0.5, 0.6) is 5.75 Å². The van der Waals surface area contributed by atoms with Gasteiger partial charge in [-0.05, 0) is 30.3 Å². The van der Waals surface area contributed by atoms with Crippen LogP contribution in [-0.4, -0.2) is 48.6 Å². The second-order valence-corrected chi connectivity index (χ2v) is 6.53. The summed E-state index contributed by atoms with van der Waals surface area (Å²) in [6.07, 6.45) is 2.20. The first-order valence-corrected chi connectivity index (χ1v) is 8.84. The van der Waals surface area contributed by atoms with Gasteiger partial charge in [-0.2, -0.15) is 0 Å². The number of halogens is 1. The third-order valence-corrected chi connectivity index (χ3v) is 4.48. The quantitative estimate of drug-likeness (QED) is 0.788. The van der Waals surface area contributed by atoms with Crippen molar-refractivity contribution in [2.45, 2.75) is 6.42 Å². The SMILES string of the molecule is O=C(CCOc1cccc(Br)c1)N1CCN(c2ccccn2)CC1. The molecule has 1 aromatic carbocycles. The molecule has 6 heteroatoms. The zero-order valence-electron chi connectivity index (χ0n) is 13.4. The van der Waals surface area contributed by atoms with Crippen molar-refractivity contribution in [3.05, 3.63) is 53.1 Å². The molecule has 5 nitrogen and oxygen atoms in total. The van der Waals surface area contributed by atoms with Gasteiger partial charge in [0, 0.05) is 36.8 Å². The van der Waals surface area contributed by atoms with E-state index in [9.17, 15) is 4.79 Å². The van der Waals surface area contributed by atoms with Crippen LogP contribution in [0, 0.1) is 0 Å². The molecule has 3 rings (SSSR count). The topological polar surface area (TPSA) is 45.7 Å². The van der Waals surface area contributed by atoms with E-state index in [-0.39, 0.29) is 5.91 Å². The van der Waals surface area contributed by atoms with E-state index in [0.29, 0.717) is 13.0 Å². The predicted molar refractivity (Wildman–Crippen MR) is 97.3 cm³/mol. The maximum Gasteiger partial charge on any atom is 0.226 e. The van der Waals surface area contributed by atoms with E-state index >= 15 is 0 Å². The fourth-order valence-corrected chi connectivity index (χ4v) is 3.08. The Labute approximate surface area is 150 Å². The summed E-state index contributed by atoms with van der Waals surface area (Å²) in [6.45, 7) is 3.48. The molecule has 0 atom stereocenters. The molecular formula is C18H20BrN3O2. The molecule has 0 saturated carbocycles. The van der Waals surface area contributed by atoms with Crippen molar-refractivity contribution in [3.63, 3.8) is 0 Å². The average molecular weight is 390 g/mol. The molecule has 0 bridgehead atoms. The molecule has 0 unspecified atom stereocenters. The van der Waals surface area contributed by atoms with Gasteiger partial charge in [0.05, 0.1) is 13.0 Å². The number of carbonyl (C=O) groups is 1. The third kappa shape index (κ3) is 4.47. The van der Waals surface area contributed by atoms with Crippen LogP contribution in [0.1, 0.15) is 6.42 Å². The van der Waals surface area contributed by atoms with Crippen molar-refractivity contribution >= 4 is 27.7 Å². The Morgan fingerprint density at radius 3 is 2.67 bits per heavy atom. The molecule has 24 heavy (non-hydrogen) atoms. The van der Waals surface area contributed by atoms with Crippen molar-refractivity contribution in [2.75, 3.05) is 37.7 Å². The van der Waals surface area contributed by atoms with Crippen molar-refractivity contribution < 1.29 is 9.53 Å². The second kappa shape index (κ2) is 8.15. The van der Waals surface area contributed by atoms with Gasteiger partial charge in [0.1, 0.15) is 11.6 Å². The molecule has 2 heterocycles. The minimum atomic E-state index is 0.144. The largest absolute Gasteiger partial charge is 0.493 e. The van der Waals surface area contributed by atoms with Gasteiger partial charge in [-0.25, -0.2) is 4.98 Å². The maximum atomic E-state index is 12.3. The number of aromatic nitrogens is 1. The number of rotatable bonds is 5. The van der Waals surface area contributed by atoms with Crippen molar-refractivity contribution in [3.8, 4) is 5.75 Å². The minimum Gasteiger partial charge on any atom is -0.493 e. The van der Waals surface area contributed by atoms with Crippen LogP contribution in [0.4, 0.5) is 5.82 Å². The van der Waals surface area contributed by atoms with Crippen LogP contribution in [0.3, 0.4) is 0 Å². The monoisotopic (exact) mass is 389 g/mol. The summed E-state index contributed by atoms with van der Waals surface area (Å²) in [5.41, 5.74) is 0. The lowest BCUT2D eigenvalue weighted by atomic mass is 10.2. The molecule has 0 aliphatic carbocycles. The Morgan fingerprint density at radius 1 is 1.12 bits per heavy atom. The number of amides is 1. The smallest absolute Gasteiger partial charge is 0.226 e. The zero-order valence-corrected chi connectivity index (χ0v) is 15.0. The van der Waals surface area contributed by atoms with E-state index in [0.717, 1.165) is 42.2 Å². The Bertz CT molecular complexity index is 673. The number of carbonyl (C=O) groups excluding carboxylic acids is 1. The molecule has 1 aromatic heterocycles. The average Bonchev–Trinajstić information content (AvgIpc) is 2.63. The van der Waals surface area contributed by atoms with Crippen LogP contribution in [0.25, 0.3) is 0 Å². The molecule has 1 aliphatic heterocycles. The molecule has 1 fully saturated rings. The summed E-state index contributed by atoms with van der Waals surface area (Å²) < 4.78 is 6.61. The number of anilines is 1. The van der Waals surface area contributed by atoms with Gasteiger partial charge in [0.2, 0.25) is 5.91 Å². The molecule has 1 saturated heterocycles. The van der Waals surface area contributed by atoms with E-state index in [1.54, 1.807) is 6.20 Å². The molecule has 126 valence electrons. The van der Waals surface area contributed by atoms with Crippen LogP contribution < -0.4 is 9.64 Å². The number of pyridine rings is 1. The third-order valence-electron chi connectivity index (χ3n) is 3.99. The highest BCUT2D eigenvalue weighted by Gasteiger charge is 2.21. The highest BCUT2D eigenvalue weighted by atomic mass is 79.9. The number of hydrogen-bond acceptors (Lipinski definition) is 4. The van der Waals surface area contributed by atoms with E-state index in [2.05, 4.69) is 25.8 Å². The van der Waals surface area contributed by atoms with Gasteiger partial charge < -0.3 is 14.5 Å². The summed E-state index contributed by atoms with van der Waals surface area (Å²) in [7, 11) is 0.